The normalized spacial score (nSPS) is 58.6. The first kappa shape index (κ1) is 8.32. The summed E-state index contributed by atoms with van der Waals surface area (Å²) < 4.78 is 0. The van der Waals surface area contributed by atoms with Crippen LogP contribution in [-0.4, -0.2) is 0 Å². The van der Waals surface area contributed by atoms with E-state index in [4.69, 9.17) is 0 Å². The number of fused-ring (bicyclic) bond motifs is 1. The molecule has 0 heteroatoms. The fourth-order valence-corrected chi connectivity index (χ4v) is 4.66. The van der Waals surface area contributed by atoms with Gasteiger partial charge in [-0.2, -0.15) is 0 Å². The summed E-state index contributed by atoms with van der Waals surface area (Å²) in [6, 6.07) is 0. The van der Waals surface area contributed by atoms with Gasteiger partial charge in [-0.1, -0.05) is 26.7 Å². The van der Waals surface area contributed by atoms with Gasteiger partial charge in [-0.05, 0) is 54.8 Å². The first-order valence-electron chi connectivity index (χ1n) is 6.33. The van der Waals surface area contributed by atoms with Gasteiger partial charge in [0.05, 0.1) is 0 Å². The zero-order valence-corrected chi connectivity index (χ0v) is 9.00. The van der Waals surface area contributed by atoms with E-state index in [0.717, 1.165) is 17.8 Å². The van der Waals surface area contributed by atoms with E-state index in [9.17, 15) is 0 Å². The van der Waals surface area contributed by atoms with Crippen LogP contribution >= 0.6 is 0 Å². The van der Waals surface area contributed by atoms with E-state index in [1.54, 1.807) is 25.7 Å². The highest BCUT2D eigenvalue weighted by atomic mass is 14.6. The summed E-state index contributed by atoms with van der Waals surface area (Å²) >= 11 is 0. The van der Waals surface area contributed by atoms with Crippen molar-refractivity contribution in [3.05, 3.63) is 0 Å². The van der Waals surface area contributed by atoms with Crippen molar-refractivity contribution < 1.29 is 0 Å². The minimum absolute atomic E-state index is 1.05. The number of hydrogen-bond acceptors (Lipinski definition) is 0. The Kier molecular flexibility index (Phi) is 1.76. The third kappa shape index (κ3) is 1.04. The lowest BCUT2D eigenvalue weighted by Crippen LogP contribution is -2.36. The maximum absolute atomic E-state index is 2.46. The molecule has 0 heterocycles. The minimum atomic E-state index is 1.05. The standard InChI is InChI=1S/C13H22/c1-3-9-8(2)7-12(9)13-10-5-4-6-11(10)13/h8-13H,3-7H2,1-2H3. The van der Waals surface area contributed by atoms with Crippen LogP contribution in [0, 0.1) is 35.5 Å². The van der Waals surface area contributed by atoms with E-state index >= 15 is 0 Å². The lowest BCUT2D eigenvalue weighted by atomic mass is 9.61. The van der Waals surface area contributed by atoms with E-state index in [0.29, 0.717) is 0 Å². The smallest absolute Gasteiger partial charge is 0.0321 e. The summed E-state index contributed by atoms with van der Waals surface area (Å²) in [5, 5.41) is 0. The molecule has 74 valence electrons. The van der Waals surface area contributed by atoms with Crippen LogP contribution in [0.15, 0.2) is 0 Å². The fourth-order valence-electron chi connectivity index (χ4n) is 4.66. The van der Waals surface area contributed by atoms with E-state index < -0.39 is 0 Å². The molecule has 0 aromatic rings. The lowest BCUT2D eigenvalue weighted by molar-refractivity contribution is 0.0522. The topological polar surface area (TPSA) is 0 Å². The Balaban J connectivity index is 1.63. The van der Waals surface area contributed by atoms with E-state index in [1.165, 1.54) is 24.2 Å². The molecule has 0 aromatic carbocycles. The minimum Gasteiger partial charge on any atom is -0.0651 e. The molecule has 0 amide bonds. The molecule has 3 saturated carbocycles. The Morgan fingerprint density at radius 3 is 2.31 bits per heavy atom. The number of rotatable bonds is 2. The van der Waals surface area contributed by atoms with Gasteiger partial charge in [0.1, 0.15) is 0 Å². The highest BCUT2D eigenvalue weighted by Crippen LogP contribution is 2.66. The quantitative estimate of drug-likeness (QED) is 0.604. The molecule has 0 spiro atoms. The summed E-state index contributed by atoms with van der Waals surface area (Å²) in [6.07, 6.45) is 7.72. The molecule has 0 N–H and O–H groups in total. The van der Waals surface area contributed by atoms with Crippen LogP contribution in [-0.2, 0) is 0 Å². The highest BCUT2D eigenvalue weighted by molar-refractivity contribution is 5.08. The van der Waals surface area contributed by atoms with Gasteiger partial charge in [-0.25, -0.2) is 0 Å². The van der Waals surface area contributed by atoms with Crippen LogP contribution in [0.2, 0.25) is 0 Å². The zero-order chi connectivity index (χ0) is 9.00. The van der Waals surface area contributed by atoms with Crippen molar-refractivity contribution in [3.8, 4) is 0 Å². The largest absolute Gasteiger partial charge is 0.0651 e. The molecule has 0 radical (unpaired) electrons. The van der Waals surface area contributed by atoms with Crippen molar-refractivity contribution >= 4 is 0 Å². The first-order chi connectivity index (χ1) is 6.33. The number of hydrogen-bond donors (Lipinski definition) is 0. The van der Waals surface area contributed by atoms with Crippen LogP contribution < -0.4 is 0 Å². The molecule has 0 aliphatic heterocycles. The van der Waals surface area contributed by atoms with E-state index in [2.05, 4.69) is 13.8 Å². The van der Waals surface area contributed by atoms with Gasteiger partial charge in [0, 0.05) is 0 Å². The van der Waals surface area contributed by atoms with Crippen molar-refractivity contribution in [2.75, 3.05) is 0 Å². The van der Waals surface area contributed by atoms with Crippen LogP contribution in [0.4, 0.5) is 0 Å². The molecule has 0 saturated heterocycles. The molecule has 0 aromatic heterocycles. The zero-order valence-electron chi connectivity index (χ0n) is 9.00. The van der Waals surface area contributed by atoms with Gasteiger partial charge < -0.3 is 0 Å². The molecule has 3 aliphatic carbocycles. The van der Waals surface area contributed by atoms with Gasteiger partial charge in [0.2, 0.25) is 0 Å². The van der Waals surface area contributed by atoms with Gasteiger partial charge in [-0.15, -0.1) is 0 Å². The van der Waals surface area contributed by atoms with Crippen molar-refractivity contribution in [1.29, 1.82) is 0 Å². The second kappa shape index (κ2) is 2.74. The van der Waals surface area contributed by atoms with Gasteiger partial charge in [-0.3, -0.25) is 0 Å². The van der Waals surface area contributed by atoms with Crippen LogP contribution in [0.3, 0.4) is 0 Å². The molecule has 3 rings (SSSR count). The second-order valence-corrected chi connectivity index (χ2v) is 5.78. The van der Waals surface area contributed by atoms with Crippen molar-refractivity contribution in [2.24, 2.45) is 35.5 Å². The Morgan fingerprint density at radius 2 is 1.77 bits per heavy atom. The average Bonchev–Trinajstić information content (AvgIpc) is 2.58. The maximum Gasteiger partial charge on any atom is -0.0321 e. The summed E-state index contributed by atoms with van der Waals surface area (Å²) in [4.78, 5) is 0. The molecule has 5 unspecified atom stereocenters. The van der Waals surface area contributed by atoms with Gasteiger partial charge >= 0.3 is 0 Å². The SMILES string of the molecule is CCC1C(C)CC1C1C2CCCC21. The molecular formula is C13H22. The third-order valence-corrected chi connectivity index (χ3v) is 5.36. The predicted molar refractivity (Wildman–Crippen MR) is 55.4 cm³/mol. The van der Waals surface area contributed by atoms with Gasteiger partial charge in [0.15, 0.2) is 0 Å². The molecule has 3 fully saturated rings. The summed E-state index contributed by atoms with van der Waals surface area (Å²) in [7, 11) is 0. The Hall–Kier alpha value is 0. The Morgan fingerprint density at radius 1 is 1.08 bits per heavy atom. The van der Waals surface area contributed by atoms with Crippen molar-refractivity contribution in [3.63, 3.8) is 0 Å². The summed E-state index contributed by atoms with van der Waals surface area (Å²) in [5.41, 5.74) is 0. The Labute approximate surface area is 82.1 Å². The predicted octanol–water partition coefficient (Wildman–Crippen LogP) is 3.71. The third-order valence-electron chi connectivity index (χ3n) is 5.36. The highest BCUT2D eigenvalue weighted by Gasteiger charge is 2.59. The van der Waals surface area contributed by atoms with Gasteiger partial charge in [0.25, 0.3) is 0 Å². The van der Waals surface area contributed by atoms with Crippen LogP contribution in [0.5, 0.6) is 0 Å². The van der Waals surface area contributed by atoms with Crippen LogP contribution in [0.1, 0.15) is 46.0 Å². The van der Waals surface area contributed by atoms with Crippen molar-refractivity contribution in [2.45, 2.75) is 46.0 Å². The average molecular weight is 178 g/mol. The first-order valence-corrected chi connectivity index (χ1v) is 6.33. The molecule has 13 heavy (non-hydrogen) atoms. The summed E-state index contributed by atoms with van der Waals surface area (Å²) in [5.74, 6) is 6.93. The fraction of sp³-hybridized carbons (Fsp3) is 1.00. The summed E-state index contributed by atoms with van der Waals surface area (Å²) in [6.45, 7) is 4.86. The molecule has 5 atom stereocenters. The van der Waals surface area contributed by atoms with Crippen molar-refractivity contribution in [1.82, 2.24) is 0 Å². The molecule has 3 aliphatic rings. The van der Waals surface area contributed by atoms with Crippen LogP contribution in [0.25, 0.3) is 0 Å². The molecule has 0 bridgehead atoms. The monoisotopic (exact) mass is 178 g/mol. The molecule has 0 nitrogen and oxygen atoms in total. The van der Waals surface area contributed by atoms with E-state index in [-0.39, 0.29) is 0 Å². The lowest BCUT2D eigenvalue weighted by Gasteiger charge is -2.44. The Bertz CT molecular complexity index is 198. The second-order valence-electron chi connectivity index (χ2n) is 5.78. The molecular weight excluding hydrogens is 156 g/mol. The maximum atomic E-state index is 2.46. The van der Waals surface area contributed by atoms with E-state index in [1.807, 2.05) is 0 Å².